The summed E-state index contributed by atoms with van der Waals surface area (Å²) in [5.74, 6) is 0. The van der Waals surface area contributed by atoms with Gasteiger partial charge in [-0.25, -0.2) is 4.68 Å². The highest BCUT2D eigenvalue weighted by Crippen LogP contribution is 2.23. The first-order chi connectivity index (χ1) is 7.45. The van der Waals surface area contributed by atoms with Gasteiger partial charge in [-0.1, -0.05) is 18.2 Å². The Morgan fingerprint density at radius 1 is 1.19 bits per heavy atom. The fourth-order valence-corrected chi connectivity index (χ4v) is 2.03. The van der Waals surface area contributed by atoms with E-state index in [1.54, 1.807) is 0 Å². The van der Waals surface area contributed by atoms with E-state index < -0.39 is 0 Å². The summed E-state index contributed by atoms with van der Waals surface area (Å²) in [6.45, 7) is 1.06. The van der Waals surface area contributed by atoms with Gasteiger partial charge in [-0.15, -0.1) is 12.4 Å². The summed E-state index contributed by atoms with van der Waals surface area (Å²) < 4.78 is 2.03. The molecule has 0 aliphatic carbocycles. The van der Waals surface area contributed by atoms with Crippen LogP contribution in [0.4, 0.5) is 5.69 Å². The average molecular weight is 236 g/mol. The molecule has 4 heteroatoms. The quantitative estimate of drug-likeness (QED) is 0.824. The third kappa shape index (κ3) is 1.78. The molecule has 0 saturated carbocycles. The Morgan fingerprint density at radius 2 is 2.00 bits per heavy atom. The molecule has 2 heterocycles. The Kier molecular flexibility index (Phi) is 3.15. The van der Waals surface area contributed by atoms with Crippen LogP contribution in [0.3, 0.4) is 0 Å². The highest BCUT2D eigenvalue weighted by atomic mass is 35.5. The van der Waals surface area contributed by atoms with Gasteiger partial charge in [-0.3, -0.25) is 0 Å². The summed E-state index contributed by atoms with van der Waals surface area (Å²) in [4.78, 5) is 0. The normalized spacial score (nSPS) is 13.5. The van der Waals surface area contributed by atoms with Crippen molar-refractivity contribution in [3.05, 3.63) is 42.2 Å². The number of nitrogens with zero attached hydrogens (tertiary/aromatic N) is 2. The van der Waals surface area contributed by atoms with Crippen LogP contribution in [-0.4, -0.2) is 16.3 Å². The standard InChI is InChI=1S/C12H13N3.ClH/c1-2-5-10(6-3-1)15-12-7-4-8-13-11(12)9-14-15;/h1-3,5-6,9,13H,4,7-8H2;1H. The summed E-state index contributed by atoms with van der Waals surface area (Å²) in [6, 6.07) is 10.3. The van der Waals surface area contributed by atoms with E-state index in [1.807, 2.05) is 29.1 Å². The molecule has 2 aromatic rings. The molecule has 0 bridgehead atoms. The summed E-state index contributed by atoms with van der Waals surface area (Å²) in [7, 11) is 0. The lowest BCUT2D eigenvalue weighted by atomic mass is 10.1. The van der Waals surface area contributed by atoms with Crippen LogP contribution in [0.1, 0.15) is 12.1 Å². The Morgan fingerprint density at radius 3 is 2.81 bits per heavy atom. The van der Waals surface area contributed by atoms with Gasteiger partial charge in [-0.2, -0.15) is 5.10 Å². The first-order valence-corrected chi connectivity index (χ1v) is 5.31. The van der Waals surface area contributed by atoms with Crippen molar-refractivity contribution in [2.75, 3.05) is 11.9 Å². The number of aromatic nitrogens is 2. The van der Waals surface area contributed by atoms with Crippen molar-refractivity contribution in [1.82, 2.24) is 9.78 Å². The van der Waals surface area contributed by atoms with Gasteiger partial charge in [0.05, 0.1) is 23.3 Å². The first-order valence-electron chi connectivity index (χ1n) is 5.31. The van der Waals surface area contributed by atoms with E-state index in [0.717, 1.165) is 18.7 Å². The largest absolute Gasteiger partial charge is 0.382 e. The maximum Gasteiger partial charge on any atom is 0.0763 e. The Labute approximate surface area is 101 Å². The molecule has 3 nitrogen and oxygen atoms in total. The number of rotatable bonds is 1. The molecule has 16 heavy (non-hydrogen) atoms. The summed E-state index contributed by atoms with van der Waals surface area (Å²) in [6.07, 6.45) is 4.21. The van der Waals surface area contributed by atoms with Gasteiger partial charge in [0.1, 0.15) is 0 Å². The molecule has 0 atom stereocenters. The minimum atomic E-state index is 0. The van der Waals surface area contributed by atoms with Crippen LogP contribution in [0.2, 0.25) is 0 Å². The van der Waals surface area contributed by atoms with Crippen LogP contribution < -0.4 is 5.32 Å². The highest BCUT2D eigenvalue weighted by molar-refractivity contribution is 5.85. The van der Waals surface area contributed by atoms with E-state index in [9.17, 15) is 0 Å². The number of anilines is 1. The third-order valence-corrected chi connectivity index (χ3v) is 2.78. The number of nitrogens with one attached hydrogen (secondary N) is 1. The fraction of sp³-hybridized carbons (Fsp3) is 0.250. The lowest BCUT2D eigenvalue weighted by molar-refractivity contribution is 0.743. The highest BCUT2D eigenvalue weighted by Gasteiger charge is 2.14. The predicted octanol–water partition coefficient (Wildman–Crippen LogP) is 2.65. The smallest absolute Gasteiger partial charge is 0.0763 e. The fourth-order valence-electron chi connectivity index (χ4n) is 2.03. The van der Waals surface area contributed by atoms with Gasteiger partial charge in [0.25, 0.3) is 0 Å². The molecule has 1 aromatic heterocycles. The Bertz CT molecular complexity index is 464. The first kappa shape index (κ1) is 11.0. The zero-order valence-corrected chi connectivity index (χ0v) is 9.70. The topological polar surface area (TPSA) is 29.9 Å². The molecular weight excluding hydrogens is 222 g/mol. The second-order valence-electron chi connectivity index (χ2n) is 3.78. The Hall–Kier alpha value is -1.48. The number of fused-ring (bicyclic) bond motifs is 1. The molecule has 0 amide bonds. The number of para-hydroxylation sites is 1. The molecule has 0 fully saturated rings. The van der Waals surface area contributed by atoms with Crippen molar-refractivity contribution in [3.8, 4) is 5.69 Å². The van der Waals surface area contributed by atoms with Crippen LogP contribution in [-0.2, 0) is 6.42 Å². The van der Waals surface area contributed by atoms with Crippen LogP contribution in [0.25, 0.3) is 5.69 Å². The lowest BCUT2D eigenvalue weighted by Gasteiger charge is -2.15. The molecule has 0 unspecified atom stereocenters. The van der Waals surface area contributed by atoms with Crippen LogP contribution in [0.15, 0.2) is 36.5 Å². The number of benzene rings is 1. The van der Waals surface area contributed by atoms with Gasteiger partial charge >= 0.3 is 0 Å². The van der Waals surface area contributed by atoms with Gasteiger partial charge in [0, 0.05) is 6.54 Å². The van der Waals surface area contributed by atoms with Crippen molar-refractivity contribution in [2.45, 2.75) is 12.8 Å². The molecule has 84 valence electrons. The monoisotopic (exact) mass is 235 g/mol. The molecular formula is C12H14ClN3. The van der Waals surface area contributed by atoms with E-state index in [1.165, 1.54) is 17.8 Å². The second-order valence-corrected chi connectivity index (χ2v) is 3.78. The van der Waals surface area contributed by atoms with E-state index in [-0.39, 0.29) is 12.4 Å². The molecule has 1 aliphatic rings. The zero-order valence-electron chi connectivity index (χ0n) is 8.89. The predicted molar refractivity (Wildman–Crippen MR) is 67.6 cm³/mol. The molecule has 0 radical (unpaired) electrons. The van der Waals surface area contributed by atoms with Gasteiger partial charge in [-0.05, 0) is 25.0 Å². The SMILES string of the molecule is Cl.c1ccc(-n2ncc3c2CCCN3)cc1. The number of hydrogen-bond acceptors (Lipinski definition) is 2. The Balaban J connectivity index is 0.000000963. The van der Waals surface area contributed by atoms with E-state index in [2.05, 4.69) is 22.5 Å². The maximum atomic E-state index is 4.42. The summed E-state index contributed by atoms with van der Waals surface area (Å²) >= 11 is 0. The second kappa shape index (κ2) is 4.58. The molecule has 0 spiro atoms. The van der Waals surface area contributed by atoms with Crippen molar-refractivity contribution in [2.24, 2.45) is 0 Å². The molecule has 0 saturated heterocycles. The van der Waals surface area contributed by atoms with Crippen molar-refractivity contribution in [1.29, 1.82) is 0 Å². The van der Waals surface area contributed by atoms with E-state index in [4.69, 9.17) is 0 Å². The number of halogens is 1. The van der Waals surface area contributed by atoms with Crippen molar-refractivity contribution in [3.63, 3.8) is 0 Å². The molecule has 1 aromatic carbocycles. The summed E-state index contributed by atoms with van der Waals surface area (Å²) in [5, 5.41) is 7.79. The average Bonchev–Trinajstić information content (AvgIpc) is 2.74. The molecule has 1 N–H and O–H groups in total. The van der Waals surface area contributed by atoms with E-state index >= 15 is 0 Å². The molecule has 3 rings (SSSR count). The number of hydrogen-bond donors (Lipinski definition) is 1. The molecule has 1 aliphatic heterocycles. The van der Waals surface area contributed by atoms with Crippen LogP contribution in [0.5, 0.6) is 0 Å². The maximum absolute atomic E-state index is 4.42. The minimum Gasteiger partial charge on any atom is -0.382 e. The summed E-state index contributed by atoms with van der Waals surface area (Å²) in [5.41, 5.74) is 3.63. The van der Waals surface area contributed by atoms with Gasteiger partial charge in [0.15, 0.2) is 0 Å². The van der Waals surface area contributed by atoms with Crippen molar-refractivity contribution < 1.29 is 0 Å². The van der Waals surface area contributed by atoms with Gasteiger partial charge < -0.3 is 5.32 Å². The van der Waals surface area contributed by atoms with Gasteiger partial charge in [0.2, 0.25) is 0 Å². The van der Waals surface area contributed by atoms with Crippen LogP contribution >= 0.6 is 12.4 Å². The van der Waals surface area contributed by atoms with Crippen molar-refractivity contribution >= 4 is 18.1 Å². The third-order valence-electron chi connectivity index (χ3n) is 2.78. The minimum absolute atomic E-state index is 0. The zero-order chi connectivity index (χ0) is 10.1. The lowest BCUT2D eigenvalue weighted by Crippen LogP contribution is -2.13. The van der Waals surface area contributed by atoms with E-state index in [0.29, 0.717) is 0 Å². The van der Waals surface area contributed by atoms with Crippen LogP contribution in [0, 0.1) is 0 Å².